The minimum Gasteiger partial charge on any atom is -0.386 e. The first-order valence-corrected chi connectivity index (χ1v) is 12.6. The van der Waals surface area contributed by atoms with Crippen molar-refractivity contribution in [3.8, 4) is 0 Å². The molecule has 1 amide bonds. The highest BCUT2D eigenvalue weighted by atomic mass is 16.3. The first-order valence-electron chi connectivity index (χ1n) is 12.6. The molecule has 0 radical (unpaired) electrons. The highest BCUT2D eigenvalue weighted by Crippen LogP contribution is 2.31. The highest BCUT2D eigenvalue weighted by molar-refractivity contribution is 5.95. The molecule has 1 aromatic carbocycles. The van der Waals surface area contributed by atoms with Gasteiger partial charge in [0.2, 0.25) is 0 Å². The summed E-state index contributed by atoms with van der Waals surface area (Å²) in [5.41, 5.74) is 4.37. The summed E-state index contributed by atoms with van der Waals surface area (Å²) in [5.74, 6) is -0.108. The molecule has 4 heterocycles. The van der Waals surface area contributed by atoms with Crippen molar-refractivity contribution in [2.45, 2.75) is 31.9 Å². The molecular formula is C29H32N6O2. The number of aryl methyl sites for hydroxylation is 1. The zero-order valence-electron chi connectivity index (χ0n) is 21.3. The van der Waals surface area contributed by atoms with Crippen LogP contribution in [0.3, 0.4) is 0 Å². The van der Waals surface area contributed by atoms with Crippen LogP contribution >= 0.6 is 0 Å². The monoisotopic (exact) mass is 496 g/mol. The van der Waals surface area contributed by atoms with Crippen LogP contribution in [0.15, 0.2) is 73.3 Å². The van der Waals surface area contributed by atoms with E-state index in [2.05, 4.69) is 25.2 Å². The number of pyridine rings is 3. The summed E-state index contributed by atoms with van der Waals surface area (Å²) in [6.07, 6.45) is 8.58. The van der Waals surface area contributed by atoms with E-state index in [9.17, 15) is 9.90 Å². The predicted octanol–water partition coefficient (Wildman–Crippen LogP) is 4.05. The van der Waals surface area contributed by atoms with Crippen LogP contribution in [0.2, 0.25) is 0 Å². The number of rotatable bonds is 7. The van der Waals surface area contributed by atoms with E-state index in [1.165, 1.54) is 0 Å². The van der Waals surface area contributed by atoms with Crippen LogP contribution in [0.25, 0.3) is 10.9 Å². The van der Waals surface area contributed by atoms with Gasteiger partial charge in [0.15, 0.2) is 0 Å². The van der Waals surface area contributed by atoms with Crippen molar-refractivity contribution in [1.82, 2.24) is 19.9 Å². The van der Waals surface area contributed by atoms with Crippen LogP contribution in [-0.4, -0.2) is 63.1 Å². The average molecular weight is 497 g/mol. The molecule has 4 aromatic rings. The third kappa shape index (κ3) is 5.54. The van der Waals surface area contributed by atoms with Crippen LogP contribution < -0.4 is 10.2 Å². The molecule has 37 heavy (non-hydrogen) atoms. The fourth-order valence-corrected chi connectivity index (χ4v) is 5.11. The number of nitrogens with zero attached hydrogens (tertiary/aromatic N) is 5. The van der Waals surface area contributed by atoms with Gasteiger partial charge in [-0.15, -0.1) is 0 Å². The third-order valence-corrected chi connectivity index (χ3v) is 6.95. The highest BCUT2D eigenvalue weighted by Gasteiger charge is 2.36. The topological polar surface area (TPSA) is 94.5 Å². The number of aliphatic hydroxyl groups is 1. The van der Waals surface area contributed by atoms with Gasteiger partial charge < -0.3 is 20.2 Å². The molecule has 1 fully saturated rings. The predicted molar refractivity (Wildman–Crippen MR) is 146 cm³/mol. The van der Waals surface area contributed by atoms with Crippen LogP contribution in [0.5, 0.6) is 0 Å². The Labute approximate surface area is 217 Å². The van der Waals surface area contributed by atoms with Crippen LogP contribution in [0, 0.1) is 6.92 Å². The summed E-state index contributed by atoms with van der Waals surface area (Å²) in [6, 6.07) is 15.3. The lowest BCUT2D eigenvalue weighted by atomic mass is 9.91. The quantitative estimate of drug-likeness (QED) is 0.399. The second-order valence-electron chi connectivity index (χ2n) is 9.84. The van der Waals surface area contributed by atoms with E-state index in [0.29, 0.717) is 25.1 Å². The summed E-state index contributed by atoms with van der Waals surface area (Å²) in [4.78, 5) is 30.1. The van der Waals surface area contributed by atoms with Gasteiger partial charge in [-0.25, -0.2) is 0 Å². The van der Waals surface area contributed by atoms with Gasteiger partial charge in [-0.1, -0.05) is 6.07 Å². The molecule has 1 saturated heterocycles. The Kier molecular flexibility index (Phi) is 7.01. The van der Waals surface area contributed by atoms with E-state index >= 15 is 0 Å². The SMILES string of the molecule is Cc1cc(C(=O)N(C)C[C@]2(O)CCCN(c3ccnc4ccncc34)C2)ccc1NCc1ccccn1. The lowest BCUT2D eigenvalue weighted by Gasteiger charge is -2.42. The number of carbonyl (C=O) groups is 1. The molecule has 1 aliphatic rings. The maximum Gasteiger partial charge on any atom is 0.253 e. The average Bonchev–Trinajstić information content (AvgIpc) is 2.92. The number of piperidine rings is 1. The second kappa shape index (κ2) is 10.5. The number of likely N-dealkylation sites (N-methyl/N-ethyl adjacent to an activating group) is 1. The molecule has 3 aromatic heterocycles. The number of amides is 1. The fraction of sp³-hybridized carbons (Fsp3) is 0.310. The molecule has 0 saturated carbocycles. The summed E-state index contributed by atoms with van der Waals surface area (Å²) in [6.45, 7) is 4.12. The van der Waals surface area contributed by atoms with Gasteiger partial charge in [-0.2, -0.15) is 0 Å². The summed E-state index contributed by atoms with van der Waals surface area (Å²) < 4.78 is 0. The van der Waals surface area contributed by atoms with E-state index < -0.39 is 5.60 Å². The van der Waals surface area contributed by atoms with Crippen molar-refractivity contribution < 1.29 is 9.90 Å². The number of carbonyl (C=O) groups excluding carboxylic acids is 1. The number of fused-ring (bicyclic) bond motifs is 1. The van der Waals surface area contributed by atoms with Gasteiger partial charge in [0.25, 0.3) is 5.91 Å². The number of nitrogens with one attached hydrogen (secondary N) is 1. The number of β-amino-alcohol motifs (C(OH)–C–C–N with tert-alkyl or cyclic N) is 1. The molecule has 5 rings (SSSR count). The third-order valence-electron chi connectivity index (χ3n) is 6.95. The van der Waals surface area contributed by atoms with E-state index in [1.54, 1.807) is 30.5 Å². The molecule has 1 aliphatic heterocycles. The Morgan fingerprint density at radius 2 is 2.03 bits per heavy atom. The van der Waals surface area contributed by atoms with Crippen molar-refractivity contribution in [1.29, 1.82) is 0 Å². The largest absolute Gasteiger partial charge is 0.386 e. The van der Waals surface area contributed by atoms with Crippen LogP contribution in [0.1, 0.15) is 34.5 Å². The molecule has 2 N–H and O–H groups in total. The number of hydrogen-bond donors (Lipinski definition) is 2. The van der Waals surface area contributed by atoms with Gasteiger partial charge >= 0.3 is 0 Å². The van der Waals surface area contributed by atoms with Gasteiger partial charge in [-0.05, 0) is 67.8 Å². The zero-order valence-corrected chi connectivity index (χ0v) is 21.3. The van der Waals surface area contributed by atoms with Gasteiger partial charge in [0, 0.05) is 67.2 Å². The Morgan fingerprint density at radius 1 is 1.14 bits per heavy atom. The fourth-order valence-electron chi connectivity index (χ4n) is 5.11. The maximum absolute atomic E-state index is 13.3. The Hall–Kier alpha value is -4.04. The Bertz CT molecular complexity index is 1390. The van der Waals surface area contributed by atoms with Gasteiger partial charge in [-0.3, -0.25) is 19.7 Å². The molecule has 0 bridgehead atoms. The van der Waals surface area contributed by atoms with Crippen molar-refractivity contribution in [2.75, 3.05) is 36.9 Å². The van der Waals surface area contributed by atoms with Gasteiger partial charge in [0.05, 0.1) is 29.9 Å². The first kappa shape index (κ1) is 24.6. The molecule has 190 valence electrons. The summed E-state index contributed by atoms with van der Waals surface area (Å²) >= 11 is 0. The molecule has 0 spiro atoms. The Balaban J connectivity index is 1.25. The second-order valence-corrected chi connectivity index (χ2v) is 9.84. The summed E-state index contributed by atoms with van der Waals surface area (Å²) in [7, 11) is 1.76. The van der Waals surface area contributed by atoms with Crippen molar-refractivity contribution >= 4 is 28.2 Å². The van der Waals surface area contributed by atoms with Crippen LogP contribution in [-0.2, 0) is 6.54 Å². The minimum atomic E-state index is -1.01. The molecular weight excluding hydrogens is 464 g/mol. The number of hydrogen-bond acceptors (Lipinski definition) is 7. The van der Waals surface area contributed by atoms with E-state index in [-0.39, 0.29) is 12.5 Å². The lowest BCUT2D eigenvalue weighted by Crippen LogP contribution is -2.54. The van der Waals surface area contributed by atoms with E-state index in [1.807, 2.05) is 61.7 Å². The minimum absolute atomic E-state index is 0.108. The van der Waals surface area contributed by atoms with E-state index in [4.69, 9.17) is 0 Å². The van der Waals surface area contributed by atoms with Gasteiger partial charge in [0.1, 0.15) is 0 Å². The molecule has 8 nitrogen and oxygen atoms in total. The van der Waals surface area contributed by atoms with Crippen LogP contribution in [0.4, 0.5) is 11.4 Å². The Morgan fingerprint density at radius 3 is 2.84 bits per heavy atom. The lowest BCUT2D eigenvalue weighted by molar-refractivity contribution is 0.0000675. The number of benzene rings is 1. The zero-order chi connectivity index (χ0) is 25.8. The van der Waals surface area contributed by atoms with Crippen molar-refractivity contribution in [3.63, 3.8) is 0 Å². The first-order chi connectivity index (χ1) is 17.9. The molecule has 8 heteroatoms. The molecule has 0 aliphatic carbocycles. The molecule has 0 unspecified atom stereocenters. The normalized spacial score (nSPS) is 17.5. The molecule has 1 atom stereocenters. The number of anilines is 2. The van der Waals surface area contributed by atoms with Crippen molar-refractivity contribution in [3.05, 3.63) is 90.1 Å². The maximum atomic E-state index is 13.3. The summed E-state index contributed by atoms with van der Waals surface area (Å²) in [5, 5.41) is 15.9. The smallest absolute Gasteiger partial charge is 0.253 e. The van der Waals surface area contributed by atoms with E-state index in [0.717, 1.165) is 46.5 Å². The van der Waals surface area contributed by atoms with Crippen molar-refractivity contribution in [2.24, 2.45) is 0 Å². The standard InChI is InChI=1S/C29H32N6O2/c1-21-16-22(7-8-25(21)33-17-23-6-3-4-12-31-23)28(36)34(2)19-29(37)11-5-15-35(20-29)27-10-14-32-26-9-13-30-18-24(26)27/h3-4,6-10,12-14,16,18,33,37H,5,11,15,17,19-20H2,1-2H3/t29-/m1/s1. The number of aromatic nitrogens is 3.